The lowest BCUT2D eigenvalue weighted by Crippen LogP contribution is -2.36. The molecule has 2 aliphatic heterocycles. The van der Waals surface area contributed by atoms with E-state index in [1.165, 1.54) is 4.31 Å². The number of carbonyl (C=O) groups excluding carboxylic acids is 1. The van der Waals surface area contributed by atoms with Crippen molar-refractivity contribution in [1.82, 2.24) is 5.32 Å². The first-order chi connectivity index (χ1) is 12.0. The third kappa shape index (κ3) is 2.46. The third-order valence-electron chi connectivity index (χ3n) is 4.84. The van der Waals surface area contributed by atoms with Gasteiger partial charge in [0.2, 0.25) is 0 Å². The number of nitrogens with zero attached hydrogens (tertiary/aromatic N) is 2. The molecule has 2 aromatic rings. The maximum absolute atomic E-state index is 13.1. The van der Waals surface area contributed by atoms with Gasteiger partial charge in [-0.15, -0.1) is 0 Å². The minimum Gasteiger partial charge on any atom is -0.341 e. The fourth-order valence-electron chi connectivity index (χ4n) is 3.57. The highest BCUT2D eigenvalue weighted by Gasteiger charge is 2.32. The number of nitrogens with one attached hydrogen (secondary N) is 1. The molecule has 2 amide bonds. The van der Waals surface area contributed by atoms with E-state index >= 15 is 0 Å². The molecule has 25 heavy (non-hydrogen) atoms. The zero-order chi connectivity index (χ0) is 17.6. The Bertz CT molecular complexity index is 956. The van der Waals surface area contributed by atoms with Crippen LogP contribution in [-0.4, -0.2) is 34.6 Å². The molecule has 4 rings (SSSR count). The van der Waals surface area contributed by atoms with Crippen LogP contribution >= 0.6 is 0 Å². The summed E-state index contributed by atoms with van der Waals surface area (Å²) in [5.41, 5.74) is 3.48. The van der Waals surface area contributed by atoms with Crippen LogP contribution in [0.1, 0.15) is 11.1 Å². The molecule has 1 N–H and O–H groups in total. The Morgan fingerprint density at radius 1 is 1.00 bits per heavy atom. The van der Waals surface area contributed by atoms with Crippen LogP contribution in [-0.2, 0) is 22.9 Å². The summed E-state index contributed by atoms with van der Waals surface area (Å²) < 4.78 is 27.7. The van der Waals surface area contributed by atoms with Crippen LogP contribution < -0.4 is 14.5 Å². The molecule has 2 aromatic carbocycles. The second kappa shape index (κ2) is 5.77. The monoisotopic (exact) mass is 357 g/mol. The average molecular weight is 357 g/mol. The van der Waals surface area contributed by atoms with Gasteiger partial charge in [0.1, 0.15) is 0 Å². The first-order valence-corrected chi connectivity index (χ1v) is 9.69. The predicted octanol–water partition coefficient (Wildman–Crippen LogP) is 2.14. The van der Waals surface area contributed by atoms with Crippen molar-refractivity contribution < 1.29 is 13.2 Å². The van der Waals surface area contributed by atoms with Crippen LogP contribution in [0.2, 0.25) is 0 Å². The van der Waals surface area contributed by atoms with Gasteiger partial charge in [-0.25, -0.2) is 13.2 Å². The molecule has 0 saturated carbocycles. The van der Waals surface area contributed by atoms with E-state index in [-0.39, 0.29) is 10.9 Å². The highest BCUT2D eigenvalue weighted by Crippen LogP contribution is 2.35. The van der Waals surface area contributed by atoms with Gasteiger partial charge in [0, 0.05) is 25.8 Å². The van der Waals surface area contributed by atoms with Gasteiger partial charge in [-0.2, -0.15) is 0 Å². The summed E-state index contributed by atoms with van der Waals surface area (Å²) in [5, 5.41) is 2.61. The lowest BCUT2D eigenvalue weighted by Gasteiger charge is -2.21. The molecule has 0 bridgehead atoms. The van der Waals surface area contributed by atoms with Gasteiger partial charge in [0.25, 0.3) is 10.0 Å². The van der Waals surface area contributed by atoms with E-state index in [0.29, 0.717) is 19.5 Å². The number of urea groups is 1. The number of hydrogen-bond donors (Lipinski definition) is 1. The SMILES string of the molecule is CNC(=O)N1CCc2cc(S(=O)(=O)N3CCc4ccccc43)ccc21. The number of sulfonamides is 1. The van der Waals surface area contributed by atoms with Crippen molar-refractivity contribution in [2.45, 2.75) is 17.7 Å². The van der Waals surface area contributed by atoms with E-state index in [0.717, 1.165) is 28.9 Å². The summed E-state index contributed by atoms with van der Waals surface area (Å²) in [6, 6.07) is 12.4. The Morgan fingerprint density at radius 3 is 2.56 bits per heavy atom. The van der Waals surface area contributed by atoms with Crippen LogP contribution in [0, 0.1) is 0 Å². The van der Waals surface area contributed by atoms with E-state index in [4.69, 9.17) is 0 Å². The molecule has 0 radical (unpaired) electrons. The first kappa shape index (κ1) is 16.0. The van der Waals surface area contributed by atoms with Gasteiger partial charge in [-0.05, 0) is 48.2 Å². The molecule has 2 heterocycles. The number of carbonyl (C=O) groups is 1. The second-order valence-corrected chi connectivity index (χ2v) is 8.07. The fraction of sp³-hybridized carbons (Fsp3) is 0.278. The molecule has 0 aliphatic carbocycles. The van der Waals surface area contributed by atoms with Crippen LogP contribution in [0.3, 0.4) is 0 Å². The Morgan fingerprint density at radius 2 is 1.76 bits per heavy atom. The Hall–Kier alpha value is -2.54. The molecule has 0 atom stereocenters. The summed E-state index contributed by atoms with van der Waals surface area (Å²) in [6.45, 7) is 1.02. The van der Waals surface area contributed by atoms with Crippen molar-refractivity contribution in [1.29, 1.82) is 0 Å². The number of anilines is 2. The van der Waals surface area contributed by atoms with E-state index in [1.807, 2.05) is 24.3 Å². The molecule has 0 spiro atoms. The van der Waals surface area contributed by atoms with E-state index in [9.17, 15) is 13.2 Å². The van der Waals surface area contributed by atoms with Crippen LogP contribution in [0.5, 0.6) is 0 Å². The zero-order valence-electron chi connectivity index (χ0n) is 13.9. The smallest absolute Gasteiger partial charge is 0.321 e. The predicted molar refractivity (Wildman–Crippen MR) is 96.6 cm³/mol. The molecule has 2 aliphatic rings. The molecule has 130 valence electrons. The van der Waals surface area contributed by atoms with Gasteiger partial charge >= 0.3 is 6.03 Å². The van der Waals surface area contributed by atoms with Crippen molar-refractivity contribution in [2.24, 2.45) is 0 Å². The van der Waals surface area contributed by atoms with Gasteiger partial charge in [0.05, 0.1) is 10.6 Å². The molecule has 0 fully saturated rings. The zero-order valence-corrected chi connectivity index (χ0v) is 14.7. The van der Waals surface area contributed by atoms with Crippen molar-refractivity contribution in [3.63, 3.8) is 0 Å². The highest BCUT2D eigenvalue weighted by atomic mass is 32.2. The van der Waals surface area contributed by atoms with E-state index < -0.39 is 10.0 Å². The topological polar surface area (TPSA) is 69.7 Å². The average Bonchev–Trinajstić information content (AvgIpc) is 3.24. The van der Waals surface area contributed by atoms with Crippen molar-refractivity contribution in [3.8, 4) is 0 Å². The standard InChI is InChI=1S/C18H19N3O3S/c1-19-18(22)20-10-8-14-12-15(6-7-16(14)20)25(23,24)21-11-9-13-4-2-3-5-17(13)21/h2-7,12H,8-11H2,1H3,(H,19,22). The summed E-state index contributed by atoms with van der Waals surface area (Å²) in [4.78, 5) is 13.8. The third-order valence-corrected chi connectivity index (χ3v) is 6.65. The summed E-state index contributed by atoms with van der Waals surface area (Å²) in [6.07, 6.45) is 1.38. The summed E-state index contributed by atoms with van der Waals surface area (Å²) in [7, 11) is -2.02. The van der Waals surface area contributed by atoms with Gasteiger partial charge in [-0.1, -0.05) is 18.2 Å². The number of rotatable bonds is 2. The number of hydrogen-bond acceptors (Lipinski definition) is 3. The Balaban J connectivity index is 1.71. The van der Waals surface area contributed by atoms with Crippen molar-refractivity contribution in [2.75, 3.05) is 29.3 Å². The van der Waals surface area contributed by atoms with E-state index in [1.54, 1.807) is 30.1 Å². The quantitative estimate of drug-likeness (QED) is 0.895. The Labute approximate surface area is 147 Å². The molecule has 0 aromatic heterocycles. The van der Waals surface area contributed by atoms with Crippen LogP contribution in [0.4, 0.5) is 16.2 Å². The van der Waals surface area contributed by atoms with Gasteiger partial charge < -0.3 is 5.32 Å². The number of para-hydroxylation sites is 1. The molecule has 7 heteroatoms. The maximum Gasteiger partial charge on any atom is 0.321 e. The number of amides is 2. The highest BCUT2D eigenvalue weighted by molar-refractivity contribution is 7.92. The van der Waals surface area contributed by atoms with E-state index in [2.05, 4.69) is 5.32 Å². The minimum absolute atomic E-state index is 0.178. The Kier molecular flexibility index (Phi) is 3.68. The molecule has 0 unspecified atom stereocenters. The lowest BCUT2D eigenvalue weighted by molar-refractivity contribution is 0.248. The van der Waals surface area contributed by atoms with Crippen molar-refractivity contribution >= 4 is 27.4 Å². The van der Waals surface area contributed by atoms with Crippen molar-refractivity contribution in [3.05, 3.63) is 53.6 Å². The lowest BCUT2D eigenvalue weighted by atomic mass is 10.2. The summed E-state index contributed by atoms with van der Waals surface area (Å²) >= 11 is 0. The number of fused-ring (bicyclic) bond motifs is 2. The molecular weight excluding hydrogens is 338 g/mol. The summed E-state index contributed by atoms with van der Waals surface area (Å²) in [5.74, 6) is 0. The molecule has 6 nitrogen and oxygen atoms in total. The largest absolute Gasteiger partial charge is 0.341 e. The van der Waals surface area contributed by atoms with Gasteiger partial charge in [-0.3, -0.25) is 9.21 Å². The second-order valence-electron chi connectivity index (χ2n) is 6.20. The van der Waals surface area contributed by atoms with Crippen LogP contribution in [0.15, 0.2) is 47.4 Å². The molecule has 0 saturated heterocycles. The molecular formula is C18H19N3O3S. The van der Waals surface area contributed by atoms with Gasteiger partial charge in [0.15, 0.2) is 0 Å². The first-order valence-electron chi connectivity index (χ1n) is 8.25. The normalized spacial score (nSPS) is 15.9. The maximum atomic E-state index is 13.1. The number of benzene rings is 2. The fourth-order valence-corrected chi connectivity index (χ4v) is 5.12. The van der Waals surface area contributed by atoms with Crippen LogP contribution in [0.25, 0.3) is 0 Å². The minimum atomic E-state index is -3.60.